The van der Waals surface area contributed by atoms with Crippen LogP contribution >= 0.6 is 11.6 Å². The first kappa shape index (κ1) is 23.6. The largest absolute Gasteiger partial charge is 0.495 e. The molecule has 1 aromatic carbocycles. The van der Waals surface area contributed by atoms with E-state index in [1.165, 1.54) is 0 Å². The second-order valence-corrected chi connectivity index (χ2v) is 9.46. The van der Waals surface area contributed by atoms with E-state index in [1.54, 1.807) is 7.11 Å². The number of aromatic nitrogens is 5. The van der Waals surface area contributed by atoms with Crippen LogP contribution in [0.1, 0.15) is 26.3 Å². The van der Waals surface area contributed by atoms with E-state index in [2.05, 4.69) is 51.2 Å². The molecule has 1 saturated heterocycles. The summed E-state index contributed by atoms with van der Waals surface area (Å²) in [5.41, 5.74) is 1.87. The number of piperazine rings is 1. The first-order valence-corrected chi connectivity index (χ1v) is 12.4. The maximum atomic E-state index is 6.33. The Bertz CT molecular complexity index is 1350. The molecule has 1 aliphatic heterocycles. The van der Waals surface area contributed by atoms with Crippen LogP contribution in [0.25, 0.3) is 21.8 Å². The standard InChI is InChI=1S/C25H31ClN8O/c1-5-34-24-19(15-29-34)22-18(14-28-24)25(33-10-8-32(9-11-33)16(2)3)31-30-23(22)27-13-17-6-7-21(35-4)20(26)12-17/h6-7,12,14-16H,5,8-11,13H2,1-4H3,(H,27,30). The Morgan fingerprint density at radius 1 is 1.09 bits per heavy atom. The predicted molar refractivity (Wildman–Crippen MR) is 141 cm³/mol. The number of aryl methyl sites for hydroxylation is 1. The number of hydrogen-bond acceptors (Lipinski definition) is 8. The number of pyridine rings is 1. The van der Waals surface area contributed by atoms with Gasteiger partial charge in [0.1, 0.15) is 5.75 Å². The van der Waals surface area contributed by atoms with E-state index >= 15 is 0 Å². The zero-order valence-corrected chi connectivity index (χ0v) is 21.4. The van der Waals surface area contributed by atoms with Crippen LogP contribution in [0.4, 0.5) is 11.6 Å². The van der Waals surface area contributed by atoms with Crippen molar-refractivity contribution in [2.75, 3.05) is 43.5 Å². The van der Waals surface area contributed by atoms with Crippen molar-refractivity contribution in [1.82, 2.24) is 29.9 Å². The molecular weight excluding hydrogens is 464 g/mol. The molecule has 3 aromatic heterocycles. The van der Waals surface area contributed by atoms with E-state index in [4.69, 9.17) is 21.3 Å². The Hall–Kier alpha value is -3.17. The lowest BCUT2D eigenvalue weighted by molar-refractivity contribution is 0.209. The third-order valence-electron chi connectivity index (χ3n) is 6.71. The van der Waals surface area contributed by atoms with Crippen molar-refractivity contribution in [2.24, 2.45) is 0 Å². The van der Waals surface area contributed by atoms with Crippen LogP contribution in [0.15, 0.2) is 30.6 Å². The molecule has 35 heavy (non-hydrogen) atoms. The minimum Gasteiger partial charge on any atom is -0.495 e. The highest BCUT2D eigenvalue weighted by molar-refractivity contribution is 6.32. The summed E-state index contributed by atoms with van der Waals surface area (Å²) < 4.78 is 7.18. The lowest BCUT2D eigenvalue weighted by atomic mass is 10.1. The predicted octanol–water partition coefficient (Wildman–Crippen LogP) is 4.20. The monoisotopic (exact) mass is 494 g/mol. The number of rotatable bonds is 7. The third kappa shape index (κ3) is 4.46. The van der Waals surface area contributed by atoms with Crippen molar-refractivity contribution in [3.05, 3.63) is 41.2 Å². The van der Waals surface area contributed by atoms with Gasteiger partial charge in [-0.3, -0.25) is 4.90 Å². The third-order valence-corrected chi connectivity index (χ3v) is 7.00. The fraction of sp³-hybridized carbons (Fsp3) is 0.440. The summed E-state index contributed by atoms with van der Waals surface area (Å²) in [5, 5.41) is 20.9. The zero-order chi connectivity index (χ0) is 24.5. The fourth-order valence-electron chi connectivity index (χ4n) is 4.70. The van der Waals surface area contributed by atoms with Gasteiger partial charge in [-0.25, -0.2) is 9.67 Å². The first-order chi connectivity index (χ1) is 17.0. The summed E-state index contributed by atoms with van der Waals surface area (Å²) >= 11 is 6.33. The molecule has 4 heterocycles. The van der Waals surface area contributed by atoms with Gasteiger partial charge in [-0.05, 0) is 38.5 Å². The molecule has 1 N–H and O–H groups in total. The summed E-state index contributed by atoms with van der Waals surface area (Å²) in [4.78, 5) is 9.57. The van der Waals surface area contributed by atoms with Crippen LogP contribution in [0.5, 0.6) is 5.75 Å². The highest BCUT2D eigenvalue weighted by atomic mass is 35.5. The lowest BCUT2D eigenvalue weighted by Crippen LogP contribution is -2.49. The fourth-order valence-corrected chi connectivity index (χ4v) is 4.98. The van der Waals surface area contributed by atoms with Crippen LogP contribution in [0, 0.1) is 0 Å². The van der Waals surface area contributed by atoms with Gasteiger partial charge in [0, 0.05) is 62.3 Å². The molecule has 0 amide bonds. The Labute approximate surface area is 210 Å². The van der Waals surface area contributed by atoms with Crippen LogP contribution in [-0.2, 0) is 13.1 Å². The Balaban J connectivity index is 1.53. The maximum absolute atomic E-state index is 6.33. The van der Waals surface area contributed by atoms with Crippen LogP contribution in [0.3, 0.4) is 0 Å². The SMILES string of the molecule is CCn1ncc2c3c(NCc4ccc(OC)c(Cl)c4)nnc(N4CCN(C(C)C)CC4)c3cnc21. The molecule has 1 fully saturated rings. The molecule has 0 unspecified atom stereocenters. The molecule has 0 saturated carbocycles. The average Bonchev–Trinajstić information content (AvgIpc) is 3.30. The zero-order valence-electron chi connectivity index (χ0n) is 20.6. The van der Waals surface area contributed by atoms with Gasteiger partial charge in [-0.1, -0.05) is 17.7 Å². The highest BCUT2D eigenvalue weighted by Crippen LogP contribution is 2.34. The van der Waals surface area contributed by atoms with E-state index in [-0.39, 0.29) is 0 Å². The van der Waals surface area contributed by atoms with Gasteiger partial charge in [-0.2, -0.15) is 5.10 Å². The number of anilines is 2. The smallest absolute Gasteiger partial charge is 0.161 e. The van der Waals surface area contributed by atoms with E-state index in [0.29, 0.717) is 29.2 Å². The van der Waals surface area contributed by atoms with E-state index in [9.17, 15) is 0 Å². The number of ether oxygens (including phenoxy) is 1. The number of fused-ring (bicyclic) bond motifs is 3. The summed E-state index contributed by atoms with van der Waals surface area (Å²) in [6.45, 7) is 11.7. The summed E-state index contributed by atoms with van der Waals surface area (Å²) in [7, 11) is 1.61. The number of benzene rings is 1. The molecule has 0 atom stereocenters. The Morgan fingerprint density at radius 2 is 1.89 bits per heavy atom. The van der Waals surface area contributed by atoms with Crippen molar-refractivity contribution >= 4 is 45.0 Å². The topological polar surface area (TPSA) is 84.2 Å². The van der Waals surface area contributed by atoms with Crippen molar-refractivity contribution < 1.29 is 4.74 Å². The molecule has 5 rings (SSSR count). The first-order valence-electron chi connectivity index (χ1n) is 12.1. The lowest BCUT2D eigenvalue weighted by Gasteiger charge is -2.37. The van der Waals surface area contributed by atoms with E-state index in [0.717, 1.165) is 65.9 Å². The number of hydrogen-bond donors (Lipinski definition) is 1. The summed E-state index contributed by atoms with van der Waals surface area (Å²) in [5.74, 6) is 2.24. The molecule has 10 heteroatoms. The average molecular weight is 495 g/mol. The van der Waals surface area contributed by atoms with Crippen molar-refractivity contribution in [3.63, 3.8) is 0 Å². The molecule has 0 aliphatic carbocycles. The van der Waals surface area contributed by atoms with Gasteiger partial charge < -0.3 is 15.0 Å². The van der Waals surface area contributed by atoms with Crippen molar-refractivity contribution in [1.29, 1.82) is 0 Å². The minimum absolute atomic E-state index is 0.541. The van der Waals surface area contributed by atoms with E-state index < -0.39 is 0 Å². The van der Waals surface area contributed by atoms with Gasteiger partial charge in [0.25, 0.3) is 0 Å². The van der Waals surface area contributed by atoms with Crippen LogP contribution < -0.4 is 15.0 Å². The van der Waals surface area contributed by atoms with Gasteiger partial charge in [0.15, 0.2) is 17.3 Å². The minimum atomic E-state index is 0.541. The molecule has 0 spiro atoms. The summed E-state index contributed by atoms with van der Waals surface area (Å²) in [6, 6.07) is 6.30. The number of methoxy groups -OCH3 is 1. The molecular formula is C25H31ClN8O. The van der Waals surface area contributed by atoms with Gasteiger partial charge >= 0.3 is 0 Å². The van der Waals surface area contributed by atoms with Crippen molar-refractivity contribution in [2.45, 2.75) is 39.9 Å². The molecule has 0 bridgehead atoms. The highest BCUT2D eigenvalue weighted by Gasteiger charge is 2.24. The normalized spacial score (nSPS) is 14.9. The Kier molecular flexibility index (Phi) is 6.62. The second-order valence-electron chi connectivity index (χ2n) is 9.06. The van der Waals surface area contributed by atoms with E-state index in [1.807, 2.05) is 35.3 Å². The quantitative estimate of drug-likeness (QED) is 0.409. The van der Waals surface area contributed by atoms with Gasteiger partial charge in [0.05, 0.1) is 23.7 Å². The maximum Gasteiger partial charge on any atom is 0.161 e. The molecule has 1 aliphatic rings. The molecule has 9 nitrogen and oxygen atoms in total. The summed E-state index contributed by atoms with van der Waals surface area (Å²) in [6.07, 6.45) is 3.80. The van der Waals surface area contributed by atoms with Gasteiger partial charge in [-0.15, -0.1) is 10.2 Å². The molecule has 4 aromatic rings. The van der Waals surface area contributed by atoms with Crippen molar-refractivity contribution in [3.8, 4) is 5.75 Å². The molecule has 184 valence electrons. The molecule has 0 radical (unpaired) electrons. The second kappa shape index (κ2) is 9.83. The number of halogens is 1. The van der Waals surface area contributed by atoms with Crippen LogP contribution in [-0.4, -0.2) is 69.2 Å². The Morgan fingerprint density at radius 3 is 2.57 bits per heavy atom. The number of nitrogens with zero attached hydrogens (tertiary/aromatic N) is 7. The van der Waals surface area contributed by atoms with Gasteiger partial charge in [0.2, 0.25) is 0 Å². The number of nitrogens with one attached hydrogen (secondary N) is 1. The van der Waals surface area contributed by atoms with Crippen LogP contribution in [0.2, 0.25) is 5.02 Å².